The van der Waals surface area contributed by atoms with Crippen molar-refractivity contribution in [1.29, 1.82) is 0 Å². The lowest BCUT2D eigenvalue weighted by Crippen LogP contribution is -2.32. The van der Waals surface area contributed by atoms with Crippen molar-refractivity contribution in [1.82, 2.24) is 5.32 Å². The lowest BCUT2D eigenvalue weighted by molar-refractivity contribution is -0.123. The summed E-state index contributed by atoms with van der Waals surface area (Å²) >= 11 is 0. The van der Waals surface area contributed by atoms with Crippen LogP contribution in [0.15, 0.2) is 42.5 Å². The molecule has 0 spiro atoms. The van der Waals surface area contributed by atoms with Gasteiger partial charge in [0.1, 0.15) is 11.5 Å². The van der Waals surface area contributed by atoms with Gasteiger partial charge in [0, 0.05) is 12.6 Å². The largest absolute Gasteiger partial charge is 0.497 e. The van der Waals surface area contributed by atoms with Gasteiger partial charge in [-0.3, -0.25) is 4.79 Å². The molecule has 26 heavy (non-hydrogen) atoms. The third kappa shape index (κ3) is 5.29. The minimum Gasteiger partial charge on any atom is -0.497 e. The minimum atomic E-state index is -0.879. The molecule has 0 aromatic heterocycles. The number of amides is 1. The maximum atomic E-state index is 11.9. The molecule has 140 valence electrons. The zero-order valence-corrected chi connectivity index (χ0v) is 15.0. The molecule has 0 aliphatic carbocycles. The second-order valence-corrected chi connectivity index (χ2v) is 5.40. The Morgan fingerprint density at radius 3 is 2.42 bits per heavy atom. The first-order valence-electron chi connectivity index (χ1n) is 8.01. The Labute approximate surface area is 152 Å². The van der Waals surface area contributed by atoms with Gasteiger partial charge < -0.3 is 29.4 Å². The van der Waals surface area contributed by atoms with Crippen LogP contribution in [0.3, 0.4) is 0 Å². The highest BCUT2D eigenvalue weighted by molar-refractivity contribution is 5.77. The molecule has 0 aliphatic rings. The predicted octanol–water partition coefficient (Wildman–Crippen LogP) is 1.94. The fourth-order valence-corrected chi connectivity index (χ4v) is 2.28. The topological polar surface area (TPSA) is 86.3 Å². The van der Waals surface area contributed by atoms with Crippen molar-refractivity contribution in [3.63, 3.8) is 0 Å². The molecular weight excluding hydrogens is 338 g/mol. The standard InChI is InChI=1S/C19H23NO6/c1-23-14-5-4-6-15(10-14)26-12-19(22)20-11-16(21)13-7-8-17(24-2)18(9-13)25-3/h4-10,16,21H,11-12H2,1-3H3,(H,20,22). The fraction of sp³-hybridized carbons (Fsp3) is 0.316. The molecule has 0 fully saturated rings. The number of nitrogens with one attached hydrogen (secondary N) is 1. The van der Waals surface area contributed by atoms with E-state index in [2.05, 4.69) is 5.32 Å². The van der Waals surface area contributed by atoms with Crippen molar-refractivity contribution in [2.75, 3.05) is 34.5 Å². The second kappa shape index (κ2) is 9.53. The Kier molecular flexibility index (Phi) is 7.11. The number of benzene rings is 2. The number of methoxy groups -OCH3 is 3. The van der Waals surface area contributed by atoms with Crippen LogP contribution >= 0.6 is 0 Å². The van der Waals surface area contributed by atoms with Gasteiger partial charge in [0.2, 0.25) is 0 Å². The Bertz CT molecular complexity index is 734. The number of ether oxygens (including phenoxy) is 4. The molecule has 1 unspecified atom stereocenters. The summed E-state index contributed by atoms with van der Waals surface area (Å²) in [5.41, 5.74) is 0.608. The van der Waals surface area contributed by atoms with Gasteiger partial charge in [-0.2, -0.15) is 0 Å². The van der Waals surface area contributed by atoms with Crippen LogP contribution in [-0.4, -0.2) is 45.5 Å². The predicted molar refractivity (Wildman–Crippen MR) is 96.0 cm³/mol. The van der Waals surface area contributed by atoms with Gasteiger partial charge in [0.05, 0.1) is 27.4 Å². The summed E-state index contributed by atoms with van der Waals surface area (Å²) in [4.78, 5) is 11.9. The maximum absolute atomic E-state index is 11.9. The Balaban J connectivity index is 1.84. The van der Waals surface area contributed by atoms with Gasteiger partial charge in [-0.05, 0) is 29.8 Å². The van der Waals surface area contributed by atoms with Crippen LogP contribution in [0.5, 0.6) is 23.0 Å². The van der Waals surface area contributed by atoms with Crippen molar-refractivity contribution >= 4 is 5.91 Å². The van der Waals surface area contributed by atoms with E-state index >= 15 is 0 Å². The number of aliphatic hydroxyl groups excluding tert-OH is 1. The van der Waals surface area contributed by atoms with Crippen LogP contribution in [0.4, 0.5) is 0 Å². The van der Waals surface area contributed by atoms with Gasteiger partial charge in [0.25, 0.3) is 5.91 Å². The fourth-order valence-electron chi connectivity index (χ4n) is 2.28. The summed E-state index contributed by atoms with van der Waals surface area (Å²) in [6, 6.07) is 12.1. The summed E-state index contributed by atoms with van der Waals surface area (Å²) in [7, 11) is 4.61. The summed E-state index contributed by atoms with van der Waals surface area (Å²) in [5.74, 6) is 1.91. The smallest absolute Gasteiger partial charge is 0.258 e. The molecule has 7 nitrogen and oxygen atoms in total. The van der Waals surface area contributed by atoms with Crippen LogP contribution in [0.2, 0.25) is 0 Å². The van der Waals surface area contributed by atoms with E-state index < -0.39 is 6.10 Å². The number of aliphatic hydroxyl groups is 1. The molecule has 1 atom stereocenters. The average Bonchev–Trinajstić information content (AvgIpc) is 2.69. The normalized spacial score (nSPS) is 11.4. The van der Waals surface area contributed by atoms with E-state index in [4.69, 9.17) is 18.9 Å². The van der Waals surface area contributed by atoms with Crippen molar-refractivity contribution in [2.45, 2.75) is 6.10 Å². The molecule has 0 aliphatic heterocycles. The van der Waals surface area contributed by atoms with E-state index in [-0.39, 0.29) is 19.1 Å². The van der Waals surface area contributed by atoms with E-state index in [1.54, 1.807) is 49.6 Å². The monoisotopic (exact) mass is 361 g/mol. The van der Waals surface area contributed by atoms with Crippen molar-refractivity contribution < 1.29 is 28.8 Å². The Morgan fingerprint density at radius 1 is 1.00 bits per heavy atom. The highest BCUT2D eigenvalue weighted by Gasteiger charge is 2.13. The zero-order chi connectivity index (χ0) is 18.9. The molecule has 0 bridgehead atoms. The van der Waals surface area contributed by atoms with E-state index in [1.165, 1.54) is 14.2 Å². The van der Waals surface area contributed by atoms with E-state index in [0.29, 0.717) is 28.6 Å². The van der Waals surface area contributed by atoms with Crippen LogP contribution in [-0.2, 0) is 4.79 Å². The number of hydrogen-bond acceptors (Lipinski definition) is 6. The molecule has 0 saturated heterocycles. The molecule has 0 heterocycles. The zero-order valence-electron chi connectivity index (χ0n) is 15.0. The van der Waals surface area contributed by atoms with Crippen LogP contribution in [0.25, 0.3) is 0 Å². The quantitative estimate of drug-likeness (QED) is 0.710. The molecule has 2 rings (SSSR count). The minimum absolute atomic E-state index is 0.0514. The van der Waals surface area contributed by atoms with Crippen molar-refractivity contribution in [3.05, 3.63) is 48.0 Å². The highest BCUT2D eigenvalue weighted by atomic mass is 16.5. The lowest BCUT2D eigenvalue weighted by Gasteiger charge is -2.15. The van der Waals surface area contributed by atoms with E-state index in [0.717, 1.165) is 0 Å². The summed E-state index contributed by atoms with van der Waals surface area (Å²) in [5, 5.41) is 12.9. The van der Waals surface area contributed by atoms with Gasteiger partial charge in [-0.25, -0.2) is 0 Å². The molecular formula is C19H23NO6. The lowest BCUT2D eigenvalue weighted by atomic mass is 10.1. The second-order valence-electron chi connectivity index (χ2n) is 5.40. The number of rotatable bonds is 9. The summed E-state index contributed by atoms with van der Waals surface area (Å²) < 4.78 is 20.9. The number of carbonyl (C=O) groups excluding carboxylic acids is 1. The van der Waals surface area contributed by atoms with Crippen LogP contribution in [0.1, 0.15) is 11.7 Å². The molecule has 0 saturated carbocycles. The maximum Gasteiger partial charge on any atom is 0.258 e. The molecule has 1 amide bonds. The molecule has 2 N–H and O–H groups in total. The molecule has 2 aromatic carbocycles. The first-order valence-corrected chi connectivity index (χ1v) is 8.01. The highest BCUT2D eigenvalue weighted by Crippen LogP contribution is 2.29. The van der Waals surface area contributed by atoms with Crippen LogP contribution in [0, 0.1) is 0 Å². The number of carbonyl (C=O) groups is 1. The van der Waals surface area contributed by atoms with Crippen molar-refractivity contribution in [3.8, 4) is 23.0 Å². The SMILES string of the molecule is COc1cccc(OCC(=O)NCC(O)c2ccc(OC)c(OC)c2)c1. The first kappa shape index (κ1) is 19.4. The van der Waals surface area contributed by atoms with Gasteiger partial charge in [-0.1, -0.05) is 12.1 Å². The van der Waals surface area contributed by atoms with Gasteiger partial charge in [0.15, 0.2) is 18.1 Å². The Morgan fingerprint density at radius 2 is 1.73 bits per heavy atom. The van der Waals surface area contributed by atoms with E-state index in [1.807, 2.05) is 0 Å². The first-order chi connectivity index (χ1) is 12.6. The third-order valence-corrected chi connectivity index (χ3v) is 3.70. The van der Waals surface area contributed by atoms with Gasteiger partial charge >= 0.3 is 0 Å². The van der Waals surface area contributed by atoms with E-state index in [9.17, 15) is 9.90 Å². The average molecular weight is 361 g/mol. The molecule has 7 heteroatoms. The van der Waals surface area contributed by atoms with Crippen molar-refractivity contribution in [2.24, 2.45) is 0 Å². The summed E-state index contributed by atoms with van der Waals surface area (Å²) in [6.07, 6.45) is -0.879. The molecule has 0 radical (unpaired) electrons. The number of hydrogen-bond donors (Lipinski definition) is 2. The van der Waals surface area contributed by atoms with Gasteiger partial charge in [-0.15, -0.1) is 0 Å². The summed E-state index contributed by atoms with van der Waals surface area (Å²) in [6.45, 7) is -0.110. The third-order valence-electron chi connectivity index (χ3n) is 3.70. The molecule has 2 aromatic rings. The van der Waals surface area contributed by atoms with Crippen LogP contribution < -0.4 is 24.3 Å². The Hall–Kier alpha value is -2.93.